The summed E-state index contributed by atoms with van der Waals surface area (Å²) in [6.45, 7) is 7.41. The molecule has 3 N–H and O–H groups in total. The van der Waals surface area contributed by atoms with E-state index >= 15 is 0 Å². The Morgan fingerprint density at radius 3 is 2.84 bits per heavy atom. The molecule has 136 valence electrons. The van der Waals surface area contributed by atoms with E-state index in [1.165, 1.54) is 12.0 Å². The lowest BCUT2D eigenvalue weighted by Crippen LogP contribution is -2.68. The maximum Gasteiger partial charge on any atom is 0.292 e. The molecule has 0 amide bonds. The Hall–Kier alpha value is -1.04. The van der Waals surface area contributed by atoms with Gasteiger partial charge >= 0.3 is 0 Å². The second kappa shape index (κ2) is 6.00. The van der Waals surface area contributed by atoms with Crippen molar-refractivity contribution in [3.05, 3.63) is 29.8 Å². The van der Waals surface area contributed by atoms with Crippen molar-refractivity contribution in [2.75, 3.05) is 6.61 Å². The van der Waals surface area contributed by atoms with Crippen LogP contribution >= 0.6 is 0 Å². The molecule has 5 heteroatoms. The number of rotatable bonds is 5. The largest absolute Gasteiger partial charge is 0.493 e. The third-order valence-electron chi connectivity index (χ3n) is 7.33. The van der Waals surface area contributed by atoms with Gasteiger partial charge in [0.25, 0.3) is 7.48 Å². The highest BCUT2D eigenvalue weighted by atomic mass is 16.5. The van der Waals surface area contributed by atoms with E-state index in [2.05, 4.69) is 32.9 Å². The topological polar surface area (TPSA) is 64.7 Å². The zero-order valence-electron chi connectivity index (χ0n) is 15.6. The highest BCUT2D eigenvalue weighted by molar-refractivity contribution is 6.29. The molecule has 1 aromatic rings. The maximum absolute atomic E-state index is 10.6. The number of ether oxygens (including phenoxy) is 1. The number of aliphatic hydroxyl groups is 1. The van der Waals surface area contributed by atoms with Gasteiger partial charge in [0.15, 0.2) is 0 Å². The highest BCUT2D eigenvalue weighted by Gasteiger charge is 2.63. The molecular formula is C20H30BNO3. The molecule has 1 unspecified atom stereocenters. The van der Waals surface area contributed by atoms with Crippen molar-refractivity contribution in [2.45, 2.75) is 63.6 Å². The zero-order chi connectivity index (χ0) is 17.8. The van der Waals surface area contributed by atoms with E-state index < -0.39 is 5.60 Å². The summed E-state index contributed by atoms with van der Waals surface area (Å²) < 4.78 is 12.1. The predicted octanol–water partition coefficient (Wildman–Crippen LogP) is 2.39. The smallest absolute Gasteiger partial charge is 0.292 e. The average Bonchev–Trinajstić information content (AvgIpc) is 2.98. The Morgan fingerprint density at radius 1 is 1.32 bits per heavy atom. The summed E-state index contributed by atoms with van der Waals surface area (Å²) in [6, 6.07) is 8.20. The Labute approximate surface area is 151 Å². The first-order chi connectivity index (χ1) is 11.8. The van der Waals surface area contributed by atoms with Crippen LogP contribution in [-0.2, 0) is 4.65 Å². The molecule has 5 rings (SSSR count). The van der Waals surface area contributed by atoms with E-state index in [1.807, 2.05) is 12.1 Å². The summed E-state index contributed by atoms with van der Waals surface area (Å²) in [6.07, 6.45) is 2.48. The number of nitrogens with two attached hydrogens (primary N) is 1. The van der Waals surface area contributed by atoms with Crippen molar-refractivity contribution in [1.82, 2.24) is 0 Å². The SMILES string of the molecule is CC1(C)[C@@H]2C[C@@H](O)[C@@](C)(OB[C@@H](N)CC3COc4ccccc43)[C@H]1C2. The van der Waals surface area contributed by atoms with Crippen LogP contribution < -0.4 is 10.5 Å². The van der Waals surface area contributed by atoms with Crippen molar-refractivity contribution in [2.24, 2.45) is 23.0 Å². The maximum atomic E-state index is 10.6. The molecule has 1 aromatic carbocycles. The minimum Gasteiger partial charge on any atom is -0.493 e. The van der Waals surface area contributed by atoms with Crippen molar-refractivity contribution >= 4 is 7.48 Å². The van der Waals surface area contributed by atoms with Gasteiger partial charge in [-0.2, -0.15) is 0 Å². The van der Waals surface area contributed by atoms with Crippen LogP contribution in [0.25, 0.3) is 0 Å². The molecule has 2 bridgehead atoms. The number of hydrogen-bond donors (Lipinski definition) is 2. The fraction of sp³-hybridized carbons (Fsp3) is 0.700. The van der Waals surface area contributed by atoms with E-state index in [-0.39, 0.29) is 17.5 Å². The Bertz CT molecular complexity index is 652. The molecule has 4 nitrogen and oxygen atoms in total. The third-order valence-corrected chi connectivity index (χ3v) is 7.33. The van der Waals surface area contributed by atoms with Crippen molar-refractivity contribution in [3.8, 4) is 5.75 Å². The molecule has 3 aliphatic carbocycles. The van der Waals surface area contributed by atoms with Crippen molar-refractivity contribution < 1.29 is 14.5 Å². The number of para-hydroxylation sites is 1. The van der Waals surface area contributed by atoms with Gasteiger partial charge in [-0.25, -0.2) is 0 Å². The summed E-state index contributed by atoms with van der Waals surface area (Å²) >= 11 is 0. The first-order valence-corrected chi connectivity index (χ1v) is 9.61. The summed E-state index contributed by atoms with van der Waals surface area (Å²) in [5.41, 5.74) is 7.44. The molecule has 6 atom stereocenters. The van der Waals surface area contributed by atoms with E-state index in [0.29, 0.717) is 31.8 Å². The monoisotopic (exact) mass is 343 g/mol. The number of aliphatic hydroxyl groups excluding tert-OH is 1. The molecule has 0 saturated heterocycles. The lowest BCUT2D eigenvalue weighted by molar-refractivity contribution is -0.234. The van der Waals surface area contributed by atoms with Gasteiger partial charge in [0.05, 0.1) is 18.3 Å². The van der Waals surface area contributed by atoms with Gasteiger partial charge in [0, 0.05) is 17.4 Å². The van der Waals surface area contributed by atoms with Gasteiger partial charge in [-0.05, 0) is 49.5 Å². The molecule has 1 aliphatic heterocycles. The third kappa shape index (κ3) is 2.72. The van der Waals surface area contributed by atoms with Crippen LogP contribution in [0.5, 0.6) is 5.75 Å². The quantitative estimate of drug-likeness (QED) is 0.806. The Morgan fingerprint density at radius 2 is 2.08 bits per heavy atom. The molecule has 0 spiro atoms. The van der Waals surface area contributed by atoms with Crippen LogP contribution in [-0.4, -0.2) is 36.8 Å². The lowest BCUT2D eigenvalue weighted by Gasteiger charge is -2.66. The van der Waals surface area contributed by atoms with Gasteiger partial charge in [0.1, 0.15) is 5.75 Å². The van der Waals surface area contributed by atoms with Crippen molar-refractivity contribution in [3.63, 3.8) is 0 Å². The standard InChI is InChI=1S/C20H30BNO3/c1-19(2)13-9-16(19)20(3,17(23)10-13)25-21-18(22)8-12-11-24-15-7-5-4-6-14(12)15/h4-7,12-13,16-18,21,23H,8-11,22H2,1-3H3/t12?,13-,16-,17+,18-,20-/m0/s1. The van der Waals surface area contributed by atoms with Crippen LogP contribution in [0.15, 0.2) is 24.3 Å². The fourth-order valence-corrected chi connectivity index (χ4v) is 5.47. The minimum atomic E-state index is -0.472. The Kier molecular flexibility index (Phi) is 4.17. The van der Waals surface area contributed by atoms with Crippen LogP contribution in [0.4, 0.5) is 0 Å². The van der Waals surface area contributed by atoms with Crippen LogP contribution in [0.3, 0.4) is 0 Å². The van der Waals surface area contributed by atoms with Gasteiger partial charge in [-0.15, -0.1) is 0 Å². The van der Waals surface area contributed by atoms with Gasteiger partial charge in [-0.3, -0.25) is 0 Å². The summed E-state index contributed by atoms with van der Waals surface area (Å²) in [4.78, 5) is 0. The Balaban J connectivity index is 1.37. The molecular weight excluding hydrogens is 313 g/mol. The van der Waals surface area contributed by atoms with E-state index in [4.69, 9.17) is 15.1 Å². The first-order valence-electron chi connectivity index (χ1n) is 9.61. The van der Waals surface area contributed by atoms with E-state index in [1.54, 1.807) is 0 Å². The van der Waals surface area contributed by atoms with Gasteiger partial charge in [0.2, 0.25) is 0 Å². The molecule has 3 saturated carbocycles. The van der Waals surface area contributed by atoms with Crippen molar-refractivity contribution in [1.29, 1.82) is 0 Å². The number of fused-ring (bicyclic) bond motifs is 3. The van der Waals surface area contributed by atoms with Crippen LogP contribution in [0.2, 0.25) is 0 Å². The molecule has 0 radical (unpaired) electrons. The fourth-order valence-electron chi connectivity index (χ4n) is 5.47. The summed E-state index contributed by atoms with van der Waals surface area (Å²) in [7, 11) is 0.490. The second-order valence-electron chi connectivity index (χ2n) is 9.09. The first kappa shape index (κ1) is 17.4. The summed E-state index contributed by atoms with van der Waals surface area (Å²) in [5, 5.41) is 10.6. The van der Waals surface area contributed by atoms with Gasteiger partial charge < -0.3 is 20.2 Å². The number of benzene rings is 1. The molecule has 3 fully saturated rings. The normalized spacial score (nSPS) is 39.1. The average molecular weight is 343 g/mol. The molecule has 25 heavy (non-hydrogen) atoms. The second-order valence-corrected chi connectivity index (χ2v) is 9.09. The molecule has 1 heterocycles. The van der Waals surface area contributed by atoms with E-state index in [0.717, 1.165) is 18.6 Å². The highest BCUT2D eigenvalue weighted by Crippen LogP contribution is 2.63. The summed E-state index contributed by atoms with van der Waals surface area (Å²) in [5.74, 6) is 2.31. The van der Waals surface area contributed by atoms with Crippen LogP contribution in [0.1, 0.15) is 51.5 Å². The van der Waals surface area contributed by atoms with Crippen LogP contribution in [0, 0.1) is 17.3 Å². The van der Waals surface area contributed by atoms with Gasteiger partial charge in [-0.1, -0.05) is 32.0 Å². The molecule has 0 aromatic heterocycles. The zero-order valence-corrected chi connectivity index (χ0v) is 15.6. The number of hydrogen-bond acceptors (Lipinski definition) is 4. The minimum absolute atomic E-state index is 0.0512. The lowest BCUT2D eigenvalue weighted by atomic mass is 9.43. The van der Waals surface area contributed by atoms with E-state index in [9.17, 15) is 5.11 Å². The predicted molar refractivity (Wildman–Crippen MR) is 99.9 cm³/mol. The molecule has 4 aliphatic rings.